The number of nitrogens with one attached hydrogen (secondary N) is 1. The van der Waals surface area contributed by atoms with Crippen molar-refractivity contribution in [2.24, 2.45) is 0 Å². The minimum Gasteiger partial charge on any atom is -0.368 e. The molecule has 29 heavy (non-hydrogen) atoms. The number of benzene rings is 2. The lowest BCUT2D eigenvalue weighted by molar-refractivity contribution is -0.115. The number of nitrogens with zero attached hydrogens (tertiary/aromatic N) is 4. The number of aromatic nitrogens is 2. The zero-order chi connectivity index (χ0) is 20.1. The Labute approximate surface area is 169 Å². The summed E-state index contributed by atoms with van der Waals surface area (Å²) in [6.07, 6.45) is 1.63. The lowest BCUT2D eigenvalue weighted by Gasteiger charge is -2.36. The number of para-hydroxylation sites is 1. The lowest BCUT2D eigenvalue weighted by Crippen LogP contribution is -2.46. The first-order valence-electron chi connectivity index (χ1n) is 9.59. The minimum atomic E-state index is -0.318. The summed E-state index contributed by atoms with van der Waals surface area (Å²) in [6, 6.07) is 18.1. The predicted octanol–water partition coefficient (Wildman–Crippen LogP) is 3.12. The second kappa shape index (κ2) is 8.68. The Bertz CT molecular complexity index is 956. The number of amides is 1. The molecule has 0 spiro atoms. The molecule has 0 saturated carbocycles. The summed E-state index contributed by atoms with van der Waals surface area (Å²) in [5.74, 6) is 0.745. The molecule has 1 amide bonds. The van der Waals surface area contributed by atoms with Crippen LogP contribution in [-0.2, 0) is 11.2 Å². The second-order valence-corrected chi connectivity index (χ2v) is 6.92. The van der Waals surface area contributed by atoms with Crippen LogP contribution in [0, 0.1) is 5.82 Å². The van der Waals surface area contributed by atoms with Crippen molar-refractivity contribution in [2.75, 3.05) is 41.3 Å². The average Bonchev–Trinajstić information content (AvgIpc) is 2.76. The largest absolute Gasteiger partial charge is 0.368 e. The van der Waals surface area contributed by atoms with Crippen LogP contribution < -0.4 is 15.1 Å². The average molecular weight is 391 g/mol. The van der Waals surface area contributed by atoms with E-state index in [2.05, 4.69) is 37.2 Å². The minimum absolute atomic E-state index is 0.162. The van der Waals surface area contributed by atoms with Gasteiger partial charge in [0.05, 0.1) is 6.42 Å². The maximum absolute atomic E-state index is 13.0. The van der Waals surface area contributed by atoms with E-state index >= 15 is 0 Å². The van der Waals surface area contributed by atoms with Gasteiger partial charge in [-0.1, -0.05) is 30.3 Å². The highest BCUT2D eigenvalue weighted by atomic mass is 19.1. The molecule has 0 bridgehead atoms. The highest BCUT2D eigenvalue weighted by molar-refractivity contribution is 5.91. The van der Waals surface area contributed by atoms with Gasteiger partial charge in [-0.15, -0.1) is 0 Å². The molecule has 2 heterocycles. The molecule has 1 fully saturated rings. The maximum Gasteiger partial charge on any atom is 0.229 e. The summed E-state index contributed by atoms with van der Waals surface area (Å²) >= 11 is 0. The van der Waals surface area contributed by atoms with E-state index < -0.39 is 0 Å². The molecular formula is C22H22FN5O. The van der Waals surface area contributed by atoms with Crippen LogP contribution in [-0.4, -0.2) is 42.1 Å². The van der Waals surface area contributed by atoms with Crippen molar-refractivity contribution >= 4 is 23.2 Å². The molecular weight excluding hydrogens is 369 g/mol. The van der Waals surface area contributed by atoms with Gasteiger partial charge in [-0.3, -0.25) is 4.79 Å². The molecule has 6 nitrogen and oxygen atoms in total. The number of piperazine rings is 1. The molecule has 0 unspecified atom stereocenters. The second-order valence-electron chi connectivity index (χ2n) is 6.92. The van der Waals surface area contributed by atoms with E-state index in [1.807, 2.05) is 18.2 Å². The molecule has 0 aliphatic carbocycles. The van der Waals surface area contributed by atoms with Crippen LogP contribution in [0.1, 0.15) is 5.56 Å². The first-order chi connectivity index (χ1) is 14.2. The summed E-state index contributed by atoms with van der Waals surface area (Å²) in [7, 11) is 0. The monoisotopic (exact) mass is 391 g/mol. The number of carbonyl (C=O) groups excluding carboxylic acids is 1. The molecule has 7 heteroatoms. The van der Waals surface area contributed by atoms with Crippen LogP contribution in [0.3, 0.4) is 0 Å². The van der Waals surface area contributed by atoms with Crippen molar-refractivity contribution in [1.82, 2.24) is 9.97 Å². The Morgan fingerprint density at radius 1 is 0.931 bits per heavy atom. The van der Waals surface area contributed by atoms with E-state index in [0.717, 1.165) is 37.6 Å². The van der Waals surface area contributed by atoms with E-state index in [-0.39, 0.29) is 18.1 Å². The van der Waals surface area contributed by atoms with Crippen molar-refractivity contribution in [3.63, 3.8) is 0 Å². The molecule has 0 atom stereocenters. The van der Waals surface area contributed by atoms with Crippen molar-refractivity contribution in [1.29, 1.82) is 0 Å². The normalized spacial score (nSPS) is 14.0. The third-order valence-electron chi connectivity index (χ3n) is 4.92. The van der Waals surface area contributed by atoms with Crippen molar-refractivity contribution in [2.45, 2.75) is 6.42 Å². The Kier molecular flexibility index (Phi) is 5.65. The zero-order valence-electron chi connectivity index (χ0n) is 16.0. The van der Waals surface area contributed by atoms with E-state index in [1.165, 1.54) is 24.1 Å². The van der Waals surface area contributed by atoms with Gasteiger partial charge in [0.1, 0.15) is 23.8 Å². The molecule has 0 radical (unpaired) electrons. The van der Waals surface area contributed by atoms with E-state index in [9.17, 15) is 9.18 Å². The van der Waals surface area contributed by atoms with E-state index in [0.29, 0.717) is 5.82 Å². The Balaban J connectivity index is 1.35. The van der Waals surface area contributed by atoms with E-state index in [1.54, 1.807) is 18.2 Å². The maximum atomic E-state index is 13.0. The van der Waals surface area contributed by atoms with Crippen LogP contribution in [0.15, 0.2) is 67.0 Å². The van der Waals surface area contributed by atoms with Gasteiger partial charge < -0.3 is 15.1 Å². The molecule has 1 N–H and O–H groups in total. The molecule has 4 rings (SSSR count). The van der Waals surface area contributed by atoms with Gasteiger partial charge in [0.15, 0.2) is 0 Å². The lowest BCUT2D eigenvalue weighted by atomic mass is 10.1. The first-order valence-corrected chi connectivity index (χ1v) is 9.59. The summed E-state index contributed by atoms with van der Waals surface area (Å²) in [6.45, 7) is 3.49. The molecule has 2 aromatic carbocycles. The predicted molar refractivity (Wildman–Crippen MR) is 112 cm³/mol. The van der Waals surface area contributed by atoms with Gasteiger partial charge >= 0.3 is 0 Å². The fourth-order valence-corrected chi connectivity index (χ4v) is 3.40. The quantitative estimate of drug-likeness (QED) is 0.724. The number of hydrogen-bond donors (Lipinski definition) is 1. The highest BCUT2D eigenvalue weighted by Crippen LogP contribution is 2.20. The highest BCUT2D eigenvalue weighted by Gasteiger charge is 2.19. The zero-order valence-corrected chi connectivity index (χ0v) is 16.0. The third-order valence-corrected chi connectivity index (χ3v) is 4.92. The molecule has 1 aliphatic rings. The number of halogens is 1. The summed E-state index contributed by atoms with van der Waals surface area (Å²) in [4.78, 5) is 25.3. The topological polar surface area (TPSA) is 61.4 Å². The smallest absolute Gasteiger partial charge is 0.229 e. The van der Waals surface area contributed by atoms with Crippen molar-refractivity contribution < 1.29 is 9.18 Å². The number of hydrogen-bond acceptors (Lipinski definition) is 5. The number of carbonyl (C=O) groups is 1. The van der Waals surface area contributed by atoms with Gasteiger partial charge in [0, 0.05) is 37.9 Å². The summed E-state index contributed by atoms with van der Waals surface area (Å²) < 4.78 is 13.0. The van der Waals surface area contributed by atoms with Gasteiger partial charge in [-0.2, -0.15) is 0 Å². The third kappa shape index (κ3) is 4.87. The van der Waals surface area contributed by atoms with Crippen LogP contribution in [0.2, 0.25) is 0 Å². The van der Waals surface area contributed by atoms with Gasteiger partial charge in [-0.25, -0.2) is 14.4 Å². The van der Waals surface area contributed by atoms with Crippen LogP contribution in [0.4, 0.5) is 21.7 Å². The van der Waals surface area contributed by atoms with Crippen LogP contribution in [0.5, 0.6) is 0 Å². The number of rotatable bonds is 5. The van der Waals surface area contributed by atoms with Crippen LogP contribution >= 0.6 is 0 Å². The molecule has 3 aromatic rings. The number of anilines is 3. The fraction of sp³-hybridized carbons (Fsp3) is 0.227. The summed E-state index contributed by atoms with van der Waals surface area (Å²) in [5.41, 5.74) is 1.97. The van der Waals surface area contributed by atoms with Gasteiger partial charge in [0.25, 0.3) is 0 Å². The molecule has 1 aliphatic heterocycles. The van der Waals surface area contributed by atoms with Gasteiger partial charge in [0.2, 0.25) is 5.91 Å². The van der Waals surface area contributed by atoms with Crippen molar-refractivity contribution in [3.8, 4) is 0 Å². The first kappa shape index (κ1) is 18.9. The Morgan fingerprint density at radius 3 is 2.34 bits per heavy atom. The standard InChI is InChI=1S/C22H22FN5O/c23-18-8-6-17(7-9-18)14-22(29)26-20-15-21(25-16-24-20)28-12-10-27(11-13-28)19-4-2-1-3-5-19/h1-9,15-16H,10-14H2,(H,24,25,26,29). The van der Waals surface area contributed by atoms with Gasteiger partial charge in [-0.05, 0) is 29.8 Å². The van der Waals surface area contributed by atoms with Crippen LogP contribution in [0.25, 0.3) is 0 Å². The van der Waals surface area contributed by atoms with E-state index in [4.69, 9.17) is 0 Å². The summed E-state index contributed by atoms with van der Waals surface area (Å²) in [5, 5.41) is 2.80. The molecule has 1 aromatic heterocycles. The Hall–Kier alpha value is -3.48. The molecule has 148 valence electrons. The van der Waals surface area contributed by atoms with Crippen molar-refractivity contribution in [3.05, 3.63) is 78.4 Å². The fourth-order valence-electron chi connectivity index (χ4n) is 3.40. The molecule has 1 saturated heterocycles. The Morgan fingerprint density at radius 2 is 1.62 bits per heavy atom. The SMILES string of the molecule is O=C(Cc1ccc(F)cc1)Nc1cc(N2CCN(c3ccccc3)CC2)ncn1.